The third kappa shape index (κ3) is 5.30. The molecule has 0 unspecified atom stereocenters. The second-order valence-electron chi connectivity index (χ2n) is 11.7. The van der Waals surface area contributed by atoms with Crippen LogP contribution in [0.25, 0.3) is 33.5 Å². The summed E-state index contributed by atoms with van der Waals surface area (Å²) in [4.78, 5) is 17.1. The van der Waals surface area contributed by atoms with Crippen LogP contribution in [0.1, 0.15) is 76.6 Å². The molecule has 3 aliphatic rings. The van der Waals surface area contributed by atoms with Gasteiger partial charge in [0.05, 0.1) is 36.1 Å². The molecule has 2 aromatic carbocycles. The largest absolute Gasteiger partial charge is 0.490 e. The lowest BCUT2D eigenvalue weighted by Crippen LogP contribution is -2.25. The number of benzene rings is 2. The minimum Gasteiger partial charge on any atom is -0.490 e. The van der Waals surface area contributed by atoms with Crippen LogP contribution in [0.4, 0.5) is 10.5 Å². The molecule has 2 saturated carbocycles. The highest BCUT2D eigenvalue weighted by molar-refractivity contribution is 6.04. The molecule has 2 aromatic heterocycles. The van der Waals surface area contributed by atoms with E-state index in [1.54, 1.807) is 0 Å². The maximum absolute atomic E-state index is 12.2. The Kier molecular flexibility index (Phi) is 6.90. The topological polar surface area (TPSA) is 101 Å². The van der Waals surface area contributed by atoms with Crippen molar-refractivity contribution in [3.05, 3.63) is 48.4 Å². The maximum Gasteiger partial charge on any atom is 0.411 e. The van der Waals surface area contributed by atoms with Crippen molar-refractivity contribution < 1.29 is 23.5 Å². The minimum atomic E-state index is -0.464. The molecular weight excluding hydrogens is 520 g/mol. The van der Waals surface area contributed by atoms with Gasteiger partial charge >= 0.3 is 6.09 Å². The van der Waals surface area contributed by atoms with Crippen LogP contribution in [0, 0.1) is 0 Å². The van der Waals surface area contributed by atoms with Gasteiger partial charge in [-0.25, -0.2) is 4.79 Å². The quantitative estimate of drug-likeness (QED) is 0.240. The van der Waals surface area contributed by atoms with Crippen molar-refractivity contribution in [1.29, 1.82) is 0 Å². The molecule has 3 heterocycles. The van der Waals surface area contributed by atoms with Crippen molar-refractivity contribution in [3.63, 3.8) is 0 Å². The highest BCUT2D eigenvalue weighted by Crippen LogP contribution is 2.48. The number of nitrogens with zero attached hydrogens (tertiary/aromatic N) is 3. The summed E-state index contributed by atoms with van der Waals surface area (Å²) in [5.41, 5.74) is 4.85. The van der Waals surface area contributed by atoms with E-state index in [9.17, 15) is 4.79 Å². The Morgan fingerprint density at radius 3 is 2.49 bits per heavy atom. The van der Waals surface area contributed by atoms with E-state index in [2.05, 4.69) is 33.2 Å². The van der Waals surface area contributed by atoms with Gasteiger partial charge in [-0.05, 0) is 75.8 Å². The first kappa shape index (κ1) is 26.1. The summed E-state index contributed by atoms with van der Waals surface area (Å²) < 4.78 is 25.4. The summed E-state index contributed by atoms with van der Waals surface area (Å²) in [6, 6.07) is 14.7. The van der Waals surface area contributed by atoms with Crippen LogP contribution in [-0.2, 0) is 9.47 Å². The number of amides is 1. The summed E-state index contributed by atoms with van der Waals surface area (Å²) in [6.45, 7) is 5.13. The van der Waals surface area contributed by atoms with Gasteiger partial charge in [0.15, 0.2) is 0 Å². The Balaban J connectivity index is 1.33. The zero-order chi connectivity index (χ0) is 27.9. The van der Waals surface area contributed by atoms with Crippen molar-refractivity contribution in [1.82, 2.24) is 14.7 Å². The molecule has 1 aliphatic heterocycles. The van der Waals surface area contributed by atoms with Crippen molar-refractivity contribution >= 4 is 22.7 Å². The summed E-state index contributed by atoms with van der Waals surface area (Å²) in [5, 5.41) is 8.38. The number of anilines is 1. The van der Waals surface area contributed by atoms with Gasteiger partial charge in [-0.15, -0.1) is 0 Å². The van der Waals surface area contributed by atoms with Crippen molar-refractivity contribution in [2.45, 2.75) is 83.0 Å². The number of hydrogen-bond acceptors (Lipinski definition) is 7. The van der Waals surface area contributed by atoms with Crippen LogP contribution in [0.5, 0.6) is 5.75 Å². The lowest BCUT2D eigenvalue weighted by molar-refractivity contribution is 0.0256. The summed E-state index contributed by atoms with van der Waals surface area (Å²) >= 11 is 0. The predicted molar refractivity (Wildman–Crippen MR) is 155 cm³/mol. The molecule has 1 saturated heterocycles. The first-order valence-electron chi connectivity index (χ1n) is 14.9. The summed E-state index contributed by atoms with van der Waals surface area (Å²) in [6.07, 6.45) is 6.92. The maximum atomic E-state index is 12.2. The molecule has 0 bridgehead atoms. The van der Waals surface area contributed by atoms with Crippen LogP contribution in [-0.4, -0.2) is 46.2 Å². The highest BCUT2D eigenvalue weighted by atomic mass is 16.6. The molecule has 2 aliphatic carbocycles. The Morgan fingerprint density at radius 1 is 1.02 bits per heavy atom. The van der Waals surface area contributed by atoms with Crippen LogP contribution in [0.3, 0.4) is 0 Å². The number of hydrogen-bond donors (Lipinski definition) is 1. The molecule has 214 valence electrons. The van der Waals surface area contributed by atoms with E-state index < -0.39 is 6.09 Å². The molecule has 4 aromatic rings. The first-order valence-corrected chi connectivity index (χ1v) is 14.9. The molecule has 0 atom stereocenters. The third-order valence-corrected chi connectivity index (χ3v) is 8.23. The fraction of sp³-hybridized carbons (Fsp3) is 0.469. The number of nitrogens with one attached hydrogen (secondary N) is 1. The average Bonchev–Trinajstić information content (AvgIpc) is 3.58. The molecule has 7 rings (SSSR count). The van der Waals surface area contributed by atoms with Crippen LogP contribution >= 0.6 is 0 Å². The molecule has 9 heteroatoms. The fourth-order valence-electron chi connectivity index (χ4n) is 5.79. The number of fused-ring (bicyclic) bond motifs is 1. The Morgan fingerprint density at radius 2 is 1.80 bits per heavy atom. The molecule has 3 fully saturated rings. The summed E-state index contributed by atoms with van der Waals surface area (Å²) in [5.74, 6) is 2.58. The van der Waals surface area contributed by atoms with Crippen molar-refractivity contribution in [3.8, 4) is 28.4 Å². The minimum absolute atomic E-state index is 0.160. The van der Waals surface area contributed by atoms with Crippen LogP contribution < -0.4 is 10.1 Å². The van der Waals surface area contributed by atoms with Crippen molar-refractivity contribution in [2.24, 2.45) is 0 Å². The molecule has 1 N–H and O–H groups in total. The van der Waals surface area contributed by atoms with Gasteiger partial charge in [-0.1, -0.05) is 17.3 Å². The van der Waals surface area contributed by atoms with Gasteiger partial charge in [-0.2, -0.15) is 4.98 Å². The smallest absolute Gasteiger partial charge is 0.411 e. The fourth-order valence-corrected chi connectivity index (χ4v) is 5.79. The van der Waals surface area contributed by atoms with E-state index in [-0.39, 0.29) is 12.2 Å². The normalized spacial score (nSPS) is 18.0. The molecule has 9 nitrogen and oxygen atoms in total. The molecule has 0 radical (unpaired) electrons. The van der Waals surface area contributed by atoms with E-state index >= 15 is 0 Å². The van der Waals surface area contributed by atoms with Gasteiger partial charge in [0.1, 0.15) is 11.9 Å². The number of rotatable bonds is 8. The zero-order valence-corrected chi connectivity index (χ0v) is 23.6. The van der Waals surface area contributed by atoms with E-state index in [4.69, 9.17) is 23.7 Å². The Labute approximate surface area is 239 Å². The highest BCUT2D eigenvalue weighted by Gasteiger charge is 2.33. The second-order valence-corrected chi connectivity index (χ2v) is 11.7. The molecular formula is C32H36N4O5. The van der Waals surface area contributed by atoms with Gasteiger partial charge < -0.3 is 23.3 Å². The summed E-state index contributed by atoms with van der Waals surface area (Å²) in [7, 11) is 0. The van der Waals surface area contributed by atoms with Gasteiger partial charge in [0, 0.05) is 41.9 Å². The SMILES string of the molecule is CC(C)OC(=O)Nc1ccc(-c2c(-c3noc(C4CC4)n3)c3ccc(OC4CCOCC4)cc3n2C2CCC2)cc1. The van der Waals surface area contributed by atoms with Crippen LogP contribution in [0.2, 0.25) is 0 Å². The van der Waals surface area contributed by atoms with E-state index in [1.807, 2.05) is 38.1 Å². The Hall–Kier alpha value is -3.85. The average molecular weight is 557 g/mol. The first-order chi connectivity index (χ1) is 20.0. The monoisotopic (exact) mass is 556 g/mol. The number of ether oxygens (including phenoxy) is 3. The van der Waals surface area contributed by atoms with Gasteiger partial charge in [-0.3, -0.25) is 5.32 Å². The molecule has 0 spiro atoms. The lowest BCUT2D eigenvalue weighted by Gasteiger charge is -2.30. The third-order valence-electron chi connectivity index (χ3n) is 8.23. The van der Waals surface area contributed by atoms with Gasteiger partial charge in [0.25, 0.3) is 0 Å². The molecule has 41 heavy (non-hydrogen) atoms. The van der Waals surface area contributed by atoms with Gasteiger partial charge in [0.2, 0.25) is 11.7 Å². The number of carbonyl (C=O) groups is 1. The van der Waals surface area contributed by atoms with E-state index in [0.29, 0.717) is 23.5 Å². The zero-order valence-electron chi connectivity index (χ0n) is 23.6. The number of carbonyl (C=O) groups excluding carboxylic acids is 1. The molecule has 1 amide bonds. The second kappa shape index (κ2) is 10.9. The standard InChI is InChI=1S/C32H36N4O5/c1-19(2)39-32(37)33-22-10-8-20(9-11-22)29-28(30-34-31(41-35-30)21-6-7-21)26-13-12-25(40-24-14-16-38-17-15-24)18-27(26)36(29)23-4-3-5-23/h8-13,18-19,21,23-24H,3-7,14-17H2,1-2H3,(H,33,37). The van der Waals surface area contributed by atoms with Crippen molar-refractivity contribution in [2.75, 3.05) is 18.5 Å². The van der Waals surface area contributed by atoms with Crippen LogP contribution in [0.15, 0.2) is 47.0 Å². The predicted octanol–water partition coefficient (Wildman–Crippen LogP) is 7.48. The van der Waals surface area contributed by atoms with E-state index in [1.165, 1.54) is 6.42 Å². The van der Waals surface area contributed by atoms with E-state index in [0.717, 1.165) is 91.1 Å². The Bertz CT molecular complexity index is 1540. The lowest BCUT2D eigenvalue weighted by atomic mass is 9.92. The number of aromatic nitrogens is 3.